The third-order valence-electron chi connectivity index (χ3n) is 3.61. The van der Waals surface area contributed by atoms with E-state index in [2.05, 4.69) is 17.3 Å². The summed E-state index contributed by atoms with van der Waals surface area (Å²) in [5, 5.41) is 7.91. The molecule has 2 aromatic rings. The van der Waals surface area contributed by atoms with Crippen molar-refractivity contribution in [1.29, 1.82) is 0 Å². The number of para-hydroxylation sites is 1. The SMILES string of the molecule is CCCn1ncc(Cl)c1C(=O)C1CNc2ccccc21. The van der Waals surface area contributed by atoms with Crippen molar-refractivity contribution in [3.8, 4) is 0 Å². The average Bonchev–Trinajstić information content (AvgIpc) is 3.03. The van der Waals surface area contributed by atoms with Crippen LogP contribution in [0.15, 0.2) is 30.5 Å². The Balaban J connectivity index is 1.97. The average molecular weight is 290 g/mol. The number of hydrogen-bond donors (Lipinski definition) is 1. The van der Waals surface area contributed by atoms with E-state index < -0.39 is 0 Å². The van der Waals surface area contributed by atoms with Gasteiger partial charge in [0.2, 0.25) is 0 Å². The minimum absolute atomic E-state index is 0.0402. The third-order valence-corrected chi connectivity index (χ3v) is 3.89. The summed E-state index contributed by atoms with van der Waals surface area (Å²) in [4.78, 5) is 12.8. The van der Waals surface area contributed by atoms with E-state index in [1.165, 1.54) is 0 Å². The van der Waals surface area contributed by atoms with Gasteiger partial charge in [-0.2, -0.15) is 5.10 Å². The molecule has 0 aliphatic carbocycles. The second-order valence-electron chi connectivity index (χ2n) is 4.95. The van der Waals surface area contributed by atoms with Gasteiger partial charge in [-0.3, -0.25) is 9.48 Å². The zero-order valence-electron chi connectivity index (χ0n) is 11.3. The molecule has 0 radical (unpaired) electrons. The van der Waals surface area contributed by atoms with Crippen molar-refractivity contribution in [2.75, 3.05) is 11.9 Å². The molecule has 0 spiro atoms. The number of carbonyl (C=O) groups excluding carboxylic acids is 1. The second kappa shape index (κ2) is 5.29. The lowest BCUT2D eigenvalue weighted by Gasteiger charge is -2.11. The van der Waals surface area contributed by atoms with Gasteiger partial charge in [-0.25, -0.2) is 0 Å². The topological polar surface area (TPSA) is 46.9 Å². The van der Waals surface area contributed by atoms with Crippen molar-refractivity contribution in [2.45, 2.75) is 25.8 Å². The van der Waals surface area contributed by atoms with Crippen LogP contribution in [0.3, 0.4) is 0 Å². The zero-order chi connectivity index (χ0) is 14.1. The predicted molar refractivity (Wildman–Crippen MR) is 79.5 cm³/mol. The second-order valence-corrected chi connectivity index (χ2v) is 5.36. The number of halogens is 1. The fourth-order valence-corrected chi connectivity index (χ4v) is 2.91. The van der Waals surface area contributed by atoms with Crippen molar-refractivity contribution in [1.82, 2.24) is 9.78 Å². The van der Waals surface area contributed by atoms with Crippen LogP contribution in [0.4, 0.5) is 5.69 Å². The van der Waals surface area contributed by atoms with Crippen LogP contribution in [0, 0.1) is 0 Å². The van der Waals surface area contributed by atoms with Crippen LogP contribution in [-0.4, -0.2) is 22.1 Å². The maximum Gasteiger partial charge on any atom is 0.191 e. The van der Waals surface area contributed by atoms with Crippen LogP contribution in [0.2, 0.25) is 5.02 Å². The van der Waals surface area contributed by atoms with E-state index in [-0.39, 0.29) is 11.7 Å². The van der Waals surface area contributed by atoms with E-state index in [9.17, 15) is 4.79 Å². The molecule has 1 aliphatic rings. The number of aryl methyl sites for hydroxylation is 1. The molecule has 1 aromatic heterocycles. The largest absolute Gasteiger partial charge is 0.384 e. The normalized spacial score (nSPS) is 16.8. The number of fused-ring (bicyclic) bond motifs is 1. The van der Waals surface area contributed by atoms with E-state index in [1.54, 1.807) is 10.9 Å². The van der Waals surface area contributed by atoms with Crippen LogP contribution >= 0.6 is 11.6 Å². The van der Waals surface area contributed by atoms with Gasteiger partial charge in [0.05, 0.1) is 17.1 Å². The number of anilines is 1. The summed E-state index contributed by atoms with van der Waals surface area (Å²) in [6.45, 7) is 3.37. The molecule has 1 unspecified atom stereocenters. The van der Waals surface area contributed by atoms with Gasteiger partial charge in [0.15, 0.2) is 5.78 Å². The third kappa shape index (κ3) is 2.10. The van der Waals surface area contributed by atoms with Crippen LogP contribution in [0.25, 0.3) is 0 Å². The van der Waals surface area contributed by atoms with Gasteiger partial charge in [-0.05, 0) is 18.1 Å². The number of rotatable bonds is 4. The molecule has 1 aromatic carbocycles. The lowest BCUT2D eigenvalue weighted by atomic mass is 9.95. The first-order valence-electron chi connectivity index (χ1n) is 6.80. The van der Waals surface area contributed by atoms with Crippen molar-refractivity contribution in [2.24, 2.45) is 0 Å². The van der Waals surface area contributed by atoms with Crippen LogP contribution in [0.5, 0.6) is 0 Å². The molecule has 1 atom stereocenters. The van der Waals surface area contributed by atoms with Crippen molar-refractivity contribution in [3.05, 3.63) is 46.7 Å². The van der Waals surface area contributed by atoms with Crippen LogP contribution in [0.1, 0.15) is 35.3 Å². The summed E-state index contributed by atoms with van der Waals surface area (Å²) in [7, 11) is 0. The lowest BCUT2D eigenvalue weighted by molar-refractivity contribution is 0.0956. The fourth-order valence-electron chi connectivity index (χ4n) is 2.67. The smallest absolute Gasteiger partial charge is 0.191 e. The Bertz CT molecular complexity index is 650. The highest BCUT2D eigenvalue weighted by Crippen LogP contribution is 2.34. The molecule has 1 aliphatic heterocycles. The summed E-state index contributed by atoms with van der Waals surface area (Å²) >= 11 is 6.16. The molecular weight excluding hydrogens is 274 g/mol. The molecule has 20 heavy (non-hydrogen) atoms. The Morgan fingerprint density at radius 3 is 3.10 bits per heavy atom. The van der Waals surface area contributed by atoms with Crippen molar-refractivity contribution < 1.29 is 4.79 Å². The molecule has 2 heterocycles. The first kappa shape index (κ1) is 13.2. The van der Waals surface area contributed by atoms with Gasteiger partial charge < -0.3 is 5.32 Å². The fraction of sp³-hybridized carbons (Fsp3) is 0.333. The number of carbonyl (C=O) groups is 1. The lowest BCUT2D eigenvalue weighted by Crippen LogP contribution is -2.19. The van der Waals surface area contributed by atoms with Crippen molar-refractivity contribution in [3.63, 3.8) is 0 Å². The maximum atomic E-state index is 12.8. The van der Waals surface area contributed by atoms with E-state index >= 15 is 0 Å². The molecule has 5 heteroatoms. The van der Waals surface area contributed by atoms with Crippen LogP contribution < -0.4 is 5.32 Å². The number of aromatic nitrogens is 2. The summed E-state index contributed by atoms with van der Waals surface area (Å²) in [6.07, 6.45) is 2.47. The summed E-state index contributed by atoms with van der Waals surface area (Å²) in [5.74, 6) is -0.144. The quantitative estimate of drug-likeness (QED) is 0.878. The zero-order valence-corrected chi connectivity index (χ0v) is 12.0. The molecule has 104 valence electrons. The molecule has 0 bridgehead atoms. The van der Waals surface area contributed by atoms with E-state index in [4.69, 9.17) is 11.6 Å². The Hall–Kier alpha value is -1.81. The predicted octanol–water partition coefficient (Wildman–Crippen LogP) is 3.34. The number of Topliss-reactive ketones (excluding diaryl/α,β-unsaturated/α-hetero) is 1. The number of nitrogens with one attached hydrogen (secondary N) is 1. The molecular formula is C15H16ClN3O. The monoisotopic (exact) mass is 289 g/mol. The van der Waals surface area contributed by atoms with E-state index in [1.807, 2.05) is 24.3 Å². The first-order valence-corrected chi connectivity index (χ1v) is 7.18. The minimum Gasteiger partial charge on any atom is -0.384 e. The Morgan fingerprint density at radius 2 is 2.30 bits per heavy atom. The molecule has 4 nitrogen and oxygen atoms in total. The molecule has 0 amide bonds. The molecule has 1 N–H and O–H groups in total. The molecule has 0 saturated heterocycles. The van der Waals surface area contributed by atoms with Gasteiger partial charge in [0.1, 0.15) is 5.69 Å². The van der Waals surface area contributed by atoms with Crippen molar-refractivity contribution >= 4 is 23.1 Å². The highest BCUT2D eigenvalue weighted by atomic mass is 35.5. The van der Waals surface area contributed by atoms with Gasteiger partial charge in [-0.1, -0.05) is 36.7 Å². The Labute approximate surface area is 122 Å². The van der Waals surface area contributed by atoms with E-state index in [0.29, 0.717) is 23.8 Å². The Kier molecular flexibility index (Phi) is 3.49. The number of benzene rings is 1. The van der Waals surface area contributed by atoms with Gasteiger partial charge in [0, 0.05) is 18.8 Å². The van der Waals surface area contributed by atoms with Crippen LogP contribution in [-0.2, 0) is 6.54 Å². The highest BCUT2D eigenvalue weighted by molar-refractivity contribution is 6.33. The molecule has 3 rings (SSSR count). The standard InChI is InChI=1S/C15H16ClN3O/c1-2-7-19-14(12(16)9-18-19)15(20)11-8-17-13-6-4-3-5-10(11)13/h3-6,9,11,17H,2,7-8H2,1H3. The number of ketones is 1. The van der Waals surface area contributed by atoms with Gasteiger partial charge in [0.25, 0.3) is 0 Å². The minimum atomic E-state index is -0.184. The summed E-state index contributed by atoms with van der Waals surface area (Å²) in [5.41, 5.74) is 2.60. The molecule has 0 fully saturated rings. The number of nitrogens with zero attached hydrogens (tertiary/aromatic N) is 2. The highest BCUT2D eigenvalue weighted by Gasteiger charge is 2.32. The van der Waals surface area contributed by atoms with E-state index in [0.717, 1.165) is 17.7 Å². The summed E-state index contributed by atoms with van der Waals surface area (Å²) in [6, 6.07) is 7.91. The Morgan fingerprint density at radius 1 is 1.50 bits per heavy atom. The van der Waals surface area contributed by atoms with Gasteiger partial charge >= 0.3 is 0 Å². The van der Waals surface area contributed by atoms with Gasteiger partial charge in [-0.15, -0.1) is 0 Å². The number of hydrogen-bond acceptors (Lipinski definition) is 3. The molecule has 0 saturated carbocycles. The maximum absolute atomic E-state index is 12.8. The first-order chi connectivity index (χ1) is 9.72. The summed E-state index contributed by atoms with van der Waals surface area (Å²) < 4.78 is 1.71.